The fourth-order valence-corrected chi connectivity index (χ4v) is 1.71. The summed E-state index contributed by atoms with van der Waals surface area (Å²) in [4.78, 5) is 11.5. The van der Waals surface area contributed by atoms with Crippen LogP contribution in [0.25, 0.3) is 5.69 Å². The average molecular weight is 310 g/mol. The van der Waals surface area contributed by atoms with Crippen LogP contribution in [-0.2, 0) is 4.74 Å². The highest BCUT2D eigenvalue weighted by molar-refractivity contribution is 9.10. The molecule has 0 saturated carbocycles. The van der Waals surface area contributed by atoms with Crippen molar-refractivity contribution in [2.75, 3.05) is 6.61 Å². The lowest BCUT2D eigenvalue weighted by Crippen LogP contribution is -2.04. The summed E-state index contributed by atoms with van der Waals surface area (Å²) in [5.74, 6) is -0.461. The third-order valence-electron chi connectivity index (χ3n) is 2.38. The van der Waals surface area contributed by atoms with Gasteiger partial charge >= 0.3 is 5.97 Å². The summed E-state index contributed by atoms with van der Waals surface area (Å²) in [5.41, 5.74) is 2.14. The maximum absolute atomic E-state index is 11.5. The molecule has 0 aliphatic rings. The average Bonchev–Trinajstić information content (AvgIpc) is 2.82. The fraction of sp³-hybridized carbons (Fsp3) is 0.250. The Bertz CT molecular complexity index is 580. The summed E-state index contributed by atoms with van der Waals surface area (Å²) >= 11 is 3.43. The van der Waals surface area contributed by atoms with Gasteiger partial charge in [0.05, 0.1) is 18.5 Å². The van der Waals surface area contributed by atoms with Crippen LogP contribution in [0.1, 0.15) is 23.0 Å². The summed E-state index contributed by atoms with van der Waals surface area (Å²) in [7, 11) is 0. The number of esters is 1. The van der Waals surface area contributed by atoms with Gasteiger partial charge in [-0.1, -0.05) is 21.1 Å². The summed E-state index contributed by atoms with van der Waals surface area (Å²) in [6.07, 6.45) is 1.56. The molecule has 1 aromatic carbocycles. The molecule has 1 heterocycles. The number of aromatic nitrogens is 3. The monoisotopic (exact) mass is 309 g/mol. The van der Waals surface area contributed by atoms with Gasteiger partial charge in [-0.2, -0.15) is 0 Å². The zero-order valence-electron chi connectivity index (χ0n) is 10.1. The number of ether oxygens (including phenoxy) is 1. The molecule has 0 spiro atoms. The van der Waals surface area contributed by atoms with Gasteiger partial charge in [-0.15, -0.1) is 5.10 Å². The Hall–Kier alpha value is -1.69. The second-order valence-electron chi connectivity index (χ2n) is 3.70. The van der Waals surface area contributed by atoms with Crippen molar-refractivity contribution in [2.45, 2.75) is 13.8 Å². The van der Waals surface area contributed by atoms with Gasteiger partial charge in [-0.25, -0.2) is 9.48 Å². The normalized spacial score (nSPS) is 10.4. The first-order valence-electron chi connectivity index (χ1n) is 5.48. The number of carbonyl (C=O) groups is 1. The highest BCUT2D eigenvalue weighted by Crippen LogP contribution is 2.19. The van der Waals surface area contributed by atoms with Crippen LogP contribution in [0.4, 0.5) is 0 Å². The minimum Gasteiger partial charge on any atom is -0.461 e. The Balaban J connectivity index is 2.29. The van der Waals surface area contributed by atoms with Crippen LogP contribution in [0.15, 0.2) is 28.9 Å². The van der Waals surface area contributed by atoms with E-state index in [9.17, 15) is 4.79 Å². The standard InChI is InChI=1S/C12H12BrN3O2/c1-3-18-12(17)11-7-16(15-14-11)9-4-5-10(13)8(2)6-9/h4-7H,3H2,1-2H3. The highest BCUT2D eigenvalue weighted by atomic mass is 79.9. The van der Waals surface area contributed by atoms with Crippen molar-refractivity contribution in [3.8, 4) is 5.69 Å². The number of carbonyl (C=O) groups excluding carboxylic acids is 1. The van der Waals surface area contributed by atoms with Gasteiger partial charge in [0, 0.05) is 4.47 Å². The molecule has 0 aliphatic carbocycles. The molecular formula is C12H12BrN3O2. The van der Waals surface area contributed by atoms with Crippen LogP contribution in [0, 0.1) is 6.92 Å². The molecule has 1 aromatic heterocycles. The molecule has 2 rings (SSSR count). The number of hydrogen-bond donors (Lipinski definition) is 0. The molecule has 2 aromatic rings. The SMILES string of the molecule is CCOC(=O)c1cn(-c2ccc(Br)c(C)c2)nn1. The molecule has 0 aliphatic heterocycles. The van der Waals surface area contributed by atoms with Gasteiger partial charge in [0.15, 0.2) is 5.69 Å². The van der Waals surface area contributed by atoms with Crippen LogP contribution < -0.4 is 0 Å². The third kappa shape index (κ3) is 2.59. The largest absolute Gasteiger partial charge is 0.461 e. The second kappa shape index (κ2) is 5.30. The molecule has 0 unspecified atom stereocenters. The number of benzene rings is 1. The van der Waals surface area contributed by atoms with E-state index in [1.54, 1.807) is 17.8 Å². The minimum atomic E-state index is -0.461. The van der Waals surface area contributed by atoms with Crippen molar-refractivity contribution in [1.29, 1.82) is 0 Å². The summed E-state index contributed by atoms with van der Waals surface area (Å²) < 4.78 is 7.43. The molecule has 0 atom stereocenters. The minimum absolute atomic E-state index is 0.206. The van der Waals surface area contributed by atoms with Crippen LogP contribution in [-0.4, -0.2) is 27.6 Å². The van der Waals surface area contributed by atoms with Crippen molar-refractivity contribution in [2.24, 2.45) is 0 Å². The van der Waals surface area contributed by atoms with Crippen molar-refractivity contribution in [1.82, 2.24) is 15.0 Å². The van der Waals surface area contributed by atoms with E-state index in [2.05, 4.69) is 26.2 Å². The van der Waals surface area contributed by atoms with E-state index in [-0.39, 0.29) is 5.69 Å². The molecule has 6 heteroatoms. The van der Waals surface area contributed by atoms with E-state index in [0.29, 0.717) is 6.61 Å². The van der Waals surface area contributed by atoms with Gasteiger partial charge in [0.25, 0.3) is 0 Å². The number of aryl methyl sites for hydroxylation is 1. The second-order valence-corrected chi connectivity index (χ2v) is 4.56. The molecule has 94 valence electrons. The van der Waals surface area contributed by atoms with Crippen LogP contribution >= 0.6 is 15.9 Å². The fourth-order valence-electron chi connectivity index (χ4n) is 1.46. The Kier molecular flexibility index (Phi) is 3.76. The van der Waals surface area contributed by atoms with Crippen LogP contribution in [0.5, 0.6) is 0 Å². The zero-order valence-corrected chi connectivity index (χ0v) is 11.6. The first kappa shape index (κ1) is 12.8. The van der Waals surface area contributed by atoms with E-state index >= 15 is 0 Å². The summed E-state index contributed by atoms with van der Waals surface area (Å²) in [5, 5.41) is 7.70. The Morgan fingerprint density at radius 2 is 2.28 bits per heavy atom. The lowest BCUT2D eigenvalue weighted by molar-refractivity contribution is 0.0519. The van der Waals surface area contributed by atoms with E-state index in [1.807, 2.05) is 25.1 Å². The molecule has 0 amide bonds. The van der Waals surface area contributed by atoms with Crippen LogP contribution in [0.3, 0.4) is 0 Å². The Morgan fingerprint density at radius 1 is 1.50 bits per heavy atom. The maximum atomic E-state index is 11.5. The lowest BCUT2D eigenvalue weighted by atomic mass is 10.2. The van der Waals surface area contributed by atoms with E-state index < -0.39 is 5.97 Å². The predicted octanol–water partition coefficient (Wildman–Crippen LogP) is 2.51. The zero-order chi connectivity index (χ0) is 13.1. The first-order chi connectivity index (χ1) is 8.61. The van der Waals surface area contributed by atoms with Crippen molar-refractivity contribution in [3.63, 3.8) is 0 Å². The molecule has 0 fully saturated rings. The molecular weight excluding hydrogens is 298 g/mol. The van der Waals surface area contributed by atoms with Crippen molar-refractivity contribution in [3.05, 3.63) is 40.1 Å². The molecule has 0 saturated heterocycles. The first-order valence-corrected chi connectivity index (χ1v) is 6.27. The Labute approximate surface area is 113 Å². The van der Waals surface area contributed by atoms with Crippen molar-refractivity contribution < 1.29 is 9.53 Å². The third-order valence-corrected chi connectivity index (χ3v) is 3.27. The number of rotatable bonds is 3. The highest BCUT2D eigenvalue weighted by Gasteiger charge is 2.12. The van der Waals surface area contributed by atoms with Gasteiger partial charge in [-0.3, -0.25) is 0 Å². The van der Waals surface area contributed by atoms with E-state index in [1.165, 1.54) is 0 Å². The van der Waals surface area contributed by atoms with E-state index in [4.69, 9.17) is 4.74 Å². The molecule has 0 N–H and O–H groups in total. The molecule has 0 bridgehead atoms. The summed E-state index contributed by atoms with van der Waals surface area (Å²) in [6, 6.07) is 5.77. The summed E-state index contributed by atoms with van der Waals surface area (Å²) in [6.45, 7) is 4.06. The van der Waals surface area contributed by atoms with Crippen LogP contribution in [0.2, 0.25) is 0 Å². The topological polar surface area (TPSA) is 57.0 Å². The Morgan fingerprint density at radius 3 is 2.94 bits per heavy atom. The van der Waals surface area contributed by atoms with Gasteiger partial charge in [-0.05, 0) is 37.6 Å². The van der Waals surface area contributed by atoms with Gasteiger partial charge < -0.3 is 4.74 Å². The van der Waals surface area contributed by atoms with Crippen molar-refractivity contribution >= 4 is 21.9 Å². The smallest absolute Gasteiger partial charge is 0.360 e. The molecule has 18 heavy (non-hydrogen) atoms. The maximum Gasteiger partial charge on any atom is 0.360 e. The predicted molar refractivity (Wildman–Crippen MR) is 69.8 cm³/mol. The quantitative estimate of drug-likeness (QED) is 0.817. The van der Waals surface area contributed by atoms with E-state index in [0.717, 1.165) is 15.7 Å². The van der Waals surface area contributed by atoms with Gasteiger partial charge in [0.2, 0.25) is 0 Å². The number of nitrogens with zero attached hydrogens (tertiary/aromatic N) is 3. The number of hydrogen-bond acceptors (Lipinski definition) is 4. The number of halogens is 1. The molecule has 0 radical (unpaired) electrons. The lowest BCUT2D eigenvalue weighted by Gasteiger charge is -2.02. The molecule has 5 nitrogen and oxygen atoms in total. The van der Waals surface area contributed by atoms with Gasteiger partial charge in [0.1, 0.15) is 0 Å².